The van der Waals surface area contributed by atoms with Crippen LogP contribution in [-0.2, 0) is 0 Å². The summed E-state index contributed by atoms with van der Waals surface area (Å²) in [6.07, 6.45) is 0. The Morgan fingerprint density at radius 1 is 0.400 bits per heavy atom. The molecule has 50 heavy (non-hydrogen) atoms. The molecule has 0 spiro atoms. The van der Waals surface area contributed by atoms with E-state index in [1.165, 1.54) is 0 Å². The van der Waals surface area contributed by atoms with Crippen molar-refractivity contribution in [1.29, 1.82) is 0 Å². The van der Waals surface area contributed by atoms with Crippen molar-refractivity contribution >= 4 is 43.9 Å². The third-order valence-electron chi connectivity index (χ3n) is 8.85. The molecule has 0 aliphatic heterocycles. The fraction of sp³-hybridized carbons (Fsp3) is 0. The molecule has 0 N–H and O–H groups in total. The monoisotopic (exact) mass is 647 g/mol. The van der Waals surface area contributed by atoms with Crippen LogP contribution in [0, 0.1) is 0 Å². The summed E-state index contributed by atoms with van der Waals surface area (Å²) in [4.78, 5) is 14.6. The second-order valence-electron chi connectivity index (χ2n) is 11.9. The molecule has 234 valence electrons. The Morgan fingerprint density at radius 2 is 0.980 bits per heavy atom. The Hall–Kier alpha value is -6.85. The Balaban J connectivity index is 1.26. The van der Waals surface area contributed by atoms with E-state index >= 15 is 0 Å². The van der Waals surface area contributed by atoms with Crippen LogP contribution in [0.5, 0.6) is 0 Å². The van der Waals surface area contributed by atoms with E-state index in [2.05, 4.69) is 0 Å². The molecular formula is C45H27N3O2. The number of hydrogen-bond acceptors (Lipinski definition) is 5. The van der Waals surface area contributed by atoms with Crippen LogP contribution < -0.4 is 0 Å². The van der Waals surface area contributed by atoms with Gasteiger partial charge in [0.05, 0.1) is 8.22 Å². The fourth-order valence-corrected chi connectivity index (χ4v) is 6.54. The molecule has 10 aromatic rings. The van der Waals surface area contributed by atoms with E-state index in [0.29, 0.717) is 33.7 Å². The molecule has 0 fully saturated rings. The van der Waals surface area contributed by atoms with Gasteiger partial charge in [0.25, 0.3) is 0 Å². The zero-order chi connectivity index (χ0) is 38.2. The van der Waals surface area contributed by atoms with Crippen molar-refractivity contribution in [2.75, 3.05) is 0 Å². The van der Waals surface area contributed by atoms with Crippen LogP contribution in [0.2, 0.25) is 0 Å². The molecule has 0 aliphatic carbocycles. The summed E-state index contributed by atoms with van der Waals surface area (Å²) in [5.74, 6) is 0.549. The van der Waals surface area contributed by atoms with E-state index < -0.39 is 0 Å². The largest absolute Gasteiger partial charge is 0.456 e. The minimum absolute atomic E-state index is 0.0117. The molecule has 0 amide bonds. The SMILES string of the molecule is [2H]c1c([2H])c(-c2ccccc2)c2c(oc3c([2H])c(-c4nc(-c5ccccc5)nc(-c5cc(-c6ccccc6)c6c(c5)oc5ccccc56)n4)c([2H])c([2H])c32)c1[2H]. The minimum Gasteiger partial charge on any atom is -0.456 e. The highest BCUT2D eigenvalue weighted by atomic mass is 16.3. The number of rotatable bonds is 5. The fourth-order valence-electron chi connectivity index (χ4n) is 6.54. The van der Waals surface area contributed by atoms with E-state index in [1.807, 2.05) is 103 Å². The average Bonchev–Trinajstić information content (AvgIpc) is 3.83. The second kappa shape index (κ2) is 11.4. The molecule has 5 heteroatoms. The van der Waals surface area contributed by atoms with Gasteiger partial charge >= 0.3 is 0 Å². The highest BCUT2D eigenvalue weighted by Crippen LogP contribution is 2.41. The zero-order valence-corrected chi connectivity index (χ0v) is 26.3. The maximum Gasteiger partial charge on any atom is 0.164 e. The quantitative estimate of drug-likeness (QED) is 0.186. The van der Waals surface area contributed by atoms with Gasteiger partial charge < -0.3 is 8.83 Å². The van der Waals surface area contributed by atoms with E-state index in [0.717, 1.165) is 27.5 Å². The smallest absolute Gasteiger partial charge is 0.164 e. The van der Waals surface area contributed by atoms with Crippen LogP contribution >= 0.6 is 0 Å². The predicted octanol–water partition coefficient (Wildman–Crippen LogP) is 12.0. The van der Waals surface area contributed by atoms with Crippen molar-refractivity contribution in [2.45, 2.75) is 0 Å². The highest BCUT2D eigenvalue weighted by molar-refractivity contribution is 6.14. The second-order valence-corrected chi connectivity index (χ2v) is 11.9. The van der Waals surface area contributed by atoms with Crippen molar-refractivity contribution in [3.63, 3.8) is 0 Å². The standard InChI is InChI=1S/C45H27N3O2/c1-4-13-28(14-5-1)33-20-12-22-38-41(33)35-24-23-31(26-39(35)50-38)44-46-43(30-17-8-3-9-18-30)47-45(48-44)32-25-36(29-15-6-2-7-16-29)42-34-19-10-11-21-37(34)49-40(42)27-32/h1-27H/i12D,20D,22D,23D,24D,26D. The molecule has 3 heterocycles. The lowest BCUT2D eigenvalue weighted by molar-refractivity contribution is 0.669. The Bertz CT molecular complexity index is 3200. The number of furan rings is 2. The molecule has 10 rings (SSSR count). The van der Waals surface area contributed by atoms with Gasteiger partial charge in [0.15, 0.2) is 17.5 Å². The van der Waals surface area contributed by atoms with Gasteiger partial charge in [-0.2, -0.15) is 0 Å². The van der Waals surface area contributed by atoms with Crippen LogP contribution in [0.25, 0.3) is 100 Å². The normalized spacial score (nSPS) is 13.3. The summed E-state index contributed by atoms with van der Waals surface area (Å²) < 4.78 is 67.0. The number of benzene rings is 7. The molecule has 0 saturated carbocycles. The lowest BCUT2D eigenvalue weighted by Gasteiger charge is -2.11. The summed E-state index contributed by atoms with van der Waals surface area (Å²) in [5.41, 5.74) is 5.27. The van der Waals surface area contributed by atoms with Gasteiger partial charge in [-0.1, -0.05) is 127 Å². The van der Waals surface area contributed by atoms with Gasteiger partial charge in [-0.3, -0.25) is 0 Å². The number of fused-ring (bicyclic) bond motifs is 6. The summed E-state index contributed by atoms with van der Waals surface area (Å²) in [6.45, 7) is 0. The molecule has 3 aromatic heterocycles. The highest BCUT2D eigenvalue weighted by Gasteiger charge is 2.19. The van der Waals surface area contributed by atoms with Gasteiger partial charge in [-0.05, 0) is 58.6 Å². The van der Waals surface area contributed by atoms with Crippen LogP contribution in [0.1, 0.15) is 8.22 Å². The Morgan fingerprint density at radius 3 is 1.72 bits per heavy atom. The van der Waals surface area contributed by atoms with Crippen molar-refractivity contribution in [1.82, 2.24) is 15.0 Å². The first-order chi connectivity index (χ1) is 27.3. The molecule has 0 unspecified atom stereocenters. The topological polar surface area (TPSA) is 65.0 Å². The molecule has 5 nitrogen and oxygen atoms in total. The zero-order valence-electron chi connectivity index (χ0n) is 32.3. The predicted molar refractivity (Wildman–Crippen MR) is 202 cm³/mol. The summed E-state index contributed by atoms with van der Waals surface area (Å²) in [6, 6.07) is 38.3. The first-order valence-corrected chi connectivity index (χ1v) is 16.1. The van der Waals surface area contributed by atoms with Gasteiger partial charge in [-0.25, -0.2) is 15.0 Å². The first-order valence-electron chi connectivity index (χ1n) is 19.1. The molecule has 7 aromatic carbocycles. The van der Waals surface area contributed by atoms with E-state index in [4.69, 9.17) is 27.9 Å². The molecule has 0 aliphatic rings. The van der Waals surface area contributed by atoms with E-state index in [9.17, 15) is 4.11 Å². The van der Waals surface area contributed by atoms with Crippen LogP contribution in [0.3, 0.4) is 0 Å². The number of aromatic nitrogens is 3. The van der Waals surface area contributed by atoms with E-state index in [1.54, 1.807) is 24.3 Å². The third kappa shape index (κ3) is 4.67. The maximum atomic E-state index is 9.50. The van der Waals surface area contributed by atoms with E-state index in [-0.39, 0.29) is 75.4 Å². The van der Waals surface area contributed by atoms with Crippen LogP contribution in [-0.4, -0.2) is 15.0 Å². The summed E-state index contributed by atoms with van der Waals surface area (Å²) in [5, 5.41) is 2.26. The number of nitrogens with zero attached hydrogens (tertiary/aromatic N) is 3. The van der Waals surface area contributed by atoms with Crippen molar-refractivity contribution in [3.8, 4) is 56.4 Å². The van der Waals surface area contributed by atoms with Crippen molar-refractivity contribution in [3.05, 3.63) is 164 Å². The van der Waals surface area contributed by atoms with Gasteiger partial charge in [0, 0.05) is 38.2 Å². The molecule has 0 atom stereocenters. The summed E-state index contributed by atoms with van der Waals surface area (Å²) in [7, 11) is 0. The van der Waals surface area contributed by atoms with Gasteiger partial charge in [-0.15, -0.1) is 0 Å². The average molecular weight is 648 g/mol. The lowest BCUT2D eigenvalue weighted by Crippen LogP contribution is -2.00. The lowest BCUT2D eigenvalue weighted by atomic mass is 9.97. The summed E-state index contributed by atoms with van der Waals surface area (Å²) >= 11 is 0. The number of hydrogen-bond donors (Lipinski definition) is 0. The maximum absolute atomic E-state index is 9.50. The van der Waals surface area contributed by atoms with Gasteiger partial charge in [0.1, 0.15) is 22.3 Å². The molecular weight excluding hydrogens is 615 g/mol. The van der Waals surface area contributed by atoms with Crippen molar-refractivity contribution < 1.29 is 17.1 Å². The molecule has 0 saturated heterocycles. The van der Waals surface area contributed by atoms with Gasteiger partial charge in [0.2, 0.25) is 0 Å². The Labute approximate surface area is 295 Å². The number of para-hydroxylation sites is 1. The minimum atomic E-state index is -0.342. The molecule has 0 bridgehead atoms. The third-order valence-corrected chi connectivity index (χ3v) is 8.85. The molecule has 0 radical (unpaired) electrons. The van der Waals surface area contributed by atoms with Crippen LogP contribution in [0.15, 0.2) is 172 Å². The van der Waals surface area contributed by atoms with Crippen LogP contribution in [0.4, 0.5) is 0 Å². The van der Waals surface area contributed by atoms with Crippen molar-refractivity contribution in [2.24, 2.45) is 0 Å². The first kappa shape index (κ1) is 22.7. The Kier molecular flexibility index (Phi) is 5.17.